The molecule has 0 fully saturated rings. The maximum absolute atomic E-state index is 12.8. The van der Waals surface area contributed by atoms with Crippen molar-refractivity contribution in [3.8, 4) is 17.2 Å². The first-order valence-corrected chi connectivity index (χ1v) is 7.66. The van der Waals surface area contributed by atoms with E-state index in [2.05, 4.69) is 10.6 Å². The van der Waals surface area contributed by atoms with E-state index in [0.717, 1.165) is 5.69 Å². The number of methoxy groups -OCH3 is 3. The normalized spacial score (nSPS) is 10.1. The van der Waals surface area contributed by atoms with Crippen LogP contribution in [-0.4, -0.2) is 33.8 Å². The monoisotopic (exact) mass is 348 g/mol. The van der Waals surface area contributed by atoms with Crippen LogP contribution >= 0.6 is 0 Å². The van der Waals surface area contributed by atoms with Crippen LogP contribution in [0, 0.1) is 5.82 Å². The van der Waals surface area contributed by atoms with Crippen molar-refractivity contribution < 1.29 is 23.4 Å². The van der Waals surface area contributed by atoms with E-state index in [9.17, 15) is 9.18 Å². The van der Waals surface area contributed by atoms with E-state index in [1.165, 1.54) is 33.5 Å². The van der Waals surface area contributed by atoms with Gasteiger partial charge in [-0.3, -0.25) is 4.79 Å². The second kappa shape index (κ2) is 8.77. The number of halogens is 1. The summed E-state index contributed by atoms with van der Waals surface area (Å²) in [6.45, 7) is 0.419. The van der Waals surface area contributed by atoms with Crippen molar-refractivity contribution in [2.24, 2.45) is 0 Å². The molecular formula is C18H21FN2O4. The molecule has 0 radical (unpaired) electrons. The van der Waals surface area contributed by atoms with Gasteiger partial charge in [-0.05, 0) is 24.3 Å². The fraction of sp³-hybridized carbons (Fsp3) is 0.278. The number of benzene rings is 2. The summed E-state index contributed by atoms with van der Waals surface area (Å²) in [6.07, 6.45) is 0.244. The molecule has 0 aromatic heterocycles. The minimum Gasteiger partial charge on any atom is -0.493 e. The molecule has 0 unspecified atom stereocenters. The summed E-state index contributed by atoms with van der Waals surface area (Å²) in [5.74, 6) is 0.902. The number of anilines is 2. The number of rotatable bonds is 8. The number of nitrogens with one attached hydrogen (secondary N) is 2. The number of ether oxygens (including phenoxy) is 3. The molecule has 0 bridgehead atoms. The Labute approximate surface area is 145 Å². The van der Waals surface area contributed by atoms with Crippen LogP contribution in [0.15, 0.2) is 36.4 Å². The predicted molar refractivity (Wildman–Crippen MR) is 94.2 cm³/mol. The Morgan fingerprint density at radius 3 is 2.08 bits per heavy atom. The number of hydrogen-bond acceptors (Lipinski definition) is 5. The molecule has 7 heteroatoms. The second-order valence-electron chi connectivity index (χ2n) is 5.15. The van der Waals surface area contributed by atoms with E-state index < -0.39 is 0 Å². The molecule has 0 atom stereocenters. The van der Waals surface area contributed by atoms with Crippen LogP contribution in [0.1, 0.15) is 6.42 Å². The highest BCUT2D eigenvalue weighted by molar-refractivity contribution is 5.91. The van der Waals surface area contributed by atoms with Crippen molar-refractivity contribution in [3.05, 3.63) is 42.2 Å². The van der Waals surface area contributed by atoms with E-state index in [1.807, 2.05) is 0 Å². The SMILES string of the molecule is COc1cc(NC(=O)CCNc2ccc(F)cc2)cc(OC)c1OC. The molecule has 134 valence electrons. The summed E-state index contributed by atoms with van der Waals surface area (Å²) < 4.78 is 28.6. The maximum atomic E-state index is 12.8. The van der Waals surface area contributed by atoms with Crippen molar-refractivity contribution in [1.82, 2.24) is 0 Å². The van der Waals surface area contributed by atoms with Gasteiger partial charge in [-0.15, -0.1) is 0 Å². The summed E-state index contributed by atoms with van der Waals surface area (Å²) in [6, 6.07) is 9.27. The van der Waals surface area contributed by atoms with E-state index in [4.69, 9.17) is 14.2 Å². The molecule has 2 aromatic rings. The van der Waals surface area contributed by atoms with Crippen LogP contribution in [0.3, 0.4) is 0 Å². The molecule has 25 heavy (non-hydrogen) atoms. The molecule has 0 spiro atoms. The summed E-state index contributed by atoms with van der Waals surface area (Å²) in [7, 11) is 4.53. The molecular weight excluding hydrogens is 327 g/mol. The molecule has 6 nitrogen and oxygen atoms in total. The van der Waals surface area contributed by atoms with Crippen LogP contribution in [0.2, 0.25) is 0 Å². The zero-order chi connectivity index (χ0) is 18.2. The second-order valence-corrected chi connectivity index (χ2v) is 5.15. The number of carbonyl (C=O) groups is 1. The lowest BCUT2D eigenvalue weighted by Crippen LogP contribution is -2.16. The highest BCUT2D eigenvalue weighted by atomic mass is 19.1. The third kappa shape index (κ3) is 5.00. The topological polar surface area (TPSA) is 68.8 Å². The van der Waals surface area contributed by atoms with E-state index in [-0.39, 0.29) is 18.1 Å². The zero-order valence-electron chi connectivity index (χ0n) is 14.4. The van der Waals surface area contributed by atoms with Gasteiger partial charge < -0.3 is 24.8 Å². The molecule has 0 saturated carbocycles. The minimum atomic E-state index is -0.300. The van der Waals surface area contributed by atoms with Crippen LogP contribution in [0.4, 0.5) is 15.8 Å². The Kier molecular flexibility index (Phi) is 6.45. The molecule has 0 aliphatic carbocycles. The third-order valence-corrected chi connectivity index (χ3v) is 3.47. The Balaban J connectivity index is 1.94. The Morgan fingerprint density at radius 2 is 1.56 bits per heavy atom. The molecule has 2 rings (SSSR count). The summed E-state index contributed by atoms with van der Waals surface area (Å²) in [5.41, 5.74) is 1.29. The van der Waals surface area contributed by atoms with Gasteiger partial charge in [-0.1, -0.05) is 0 Å². The number of carbonyl (C=O) groups excluding carboxylic acids is 1. The van der Waals surface area contributed by atoms with Crippen LogP contribution in [0.25, 0.3) is 0 Å². The van der Waals surface area contributed by atoms with Crippen LogP contribution in [-0.2, 0) is 4.79 Å². The molecule has 1 amide bonds. The van der Waals surface area contributed by atoms with Gasteiger partial charge in [0, 0.05) is 36.5 Å². The summed E-state index contributed by atoms with van der Waals surface area (Å²) >= 11 is 0. The van der Waals surface area contributed by atoms with Crippen molar-refractivity contribution >= 4 is 17.3 Å². The molecule has 0 saturated heterocycles. The first-order chi connectivity index (χ1) is 12.1. The smallest absolute Gasteiger partial charge is 0.226 e. The van der Waals surface area contributed by atoms with Gasteiger partial charge in [0.15, 0.2) is 11.5 Å². The zero-order valence-corrected chi connectivity index (χ0v) is 14.4. The lowest BCUT2D eigenvalue weighted by Gasteiger charge is -2.14. The number of hydrogen-bond donors (Lipinski definition) is 2. The van der Waals surface area contributed by atoms with Gasteiger partial charge in [0.05, 0.1) is 21.3 Å². The average Bonchev–Trinajstić information content (AvgIpc) is 2.62. The fourth-order valence-electron chi connectivity index (χ4n) is 2.26. The minimum absolute atomic E-state index is 0.177. The molecule has 2 N–H and O–H groups in total. The van der Waals surface area contributed by atoms with Crippen molar-refractivity contribution in [2.75, 3.05) is 38.5 Å². The predicted octanol–water partition coefficient (Wildman–Crippen LogP) is 3.29. The van der Waals surface area contributed by atoms with Gasteiger partial charge in [0.25, 0.3) is 0 Å². The lowest BCUT2D eigenvalue weighted by atomic mass is 10.2. The largest absolute Gasteiger partial charge is 0.493 e. The highest BCUT2D eigenvalue weighted by Gasteiger charge is 2.14. The standard InChI is InChI=1S/C18H21FN2O4/c1-23-15-10-14(11-16(24-2)18(15)25-3)21-17(22)8-9-20-13-6-4-12(19)5-7-13/h4-7,10-11,20H,8-9H2,1-3H3,(H,21,22). The number of amides is 1. The van der Waals surface area contributed by atoms with Gasteiger partial charge >= 0.3 is 0 Å². The molecule has 0 aliphatic heterocycles. The third-order valence-electron chi connectivity index (χ3n) is 3.47. The Bertz CT molecular complexity index is 695. The van der Waals surface area contributed by atoms with E-state index >= 15 is 0 Å². The fourth-order valence-corrected chi connectivity index (χ4v) is 2.26. The first-order valence-electron chi connectivity index (χ1n) is 7.66. The van der Waals surface area contributed by atoms with Crippen molar-refractivity contribution in [3.63, 3.8) is 0 Å². The van der Waals surface area contributed by atoms with E-state index in [1.54, 1.807) is 24.3 Å². The maximum Gasteiger partial charge on any atom is 0.226 e. The average molecular weight is 348 g/mol. The van der Waals surface area contributed by atoms with Gasteiger partial charge in [-0.25, -0.2) is 4.39 Å². The first kappa shape index (κ1) is 18.4. The van der Waals surface area contributed by atoms with E-state index in [0.29, 0.717) is 29.5 Å². The lowest BCUT2D eigenvalue weighted by molar-refractivity contribution is -0.115. The molecule has 0 heterocycles. The highest BCUT2D eigenvalue weighted by Crippen LogP contribution is 2.39. The van der Waals surface area contributed by atoms with Gasteiger partial charge in [-0.2, -0.15) is 0 Å². The summed E-state index contributed by atoms with van der Waals surface area (Å²) in [5, 5.41) is 5.84. The van der Waals surface area contributed by atoms with Crippen LogP contribution in [0.5, 0.6) is 17.2 Å². The Morgan fingerprint density at radius 1 is 0.960 bits per heavy atom. The van der Waals surface area contributed by atoms with Gasteiger partial charge in [0.2, 0.25) is 11.7 Å². The van der Waals surface area contributed by atoms with Crippen molar-refractivity contribution in [2.45, 2.75) is 6.42 Å². The summed E-state index contributed by atoms with van der Waals surface area (Å²) in [4.78, 5) is 12.1. The molecule has 0 aliphatic rings. The van der Waals surface area contributed by atoms with Crippen LogP contribution < -0.4 is 24.8 Å². The quantitative estimate of drug-likeness (QED) is 0.766. The Hall–Kier alpha value is -2.96. The molecule has 2 aromatic carbocycles. The van der Waals surface area contributed by atoms with Gasteiger partial charge in [0.1, 0.15) is 5.82 Å². The van der Waals surface area contributed by atoms with Crippen molar-refractivity contribution in [1.29, 1.82) is 0 Å².